The maximum absolute atomic E-state index is 10.6. The minimum absolute atomic E-state index is 0.00945. The molecule has 0 amide bonds. The normalized spacial score (nSPS) is 20.6. The van der Waals surface area contributed by atoms with Crippen molar-refractivity contribution in [2.45, 2.75) is 109 Å². The summed E-state index contributed by atoms with van der Waals surface area (Å²) in [4.78, 5) is 10.6. The third-order valence-electron chi connectivity index (χ3n) is 4.42. The van der Waals surface area contributed by atoms with Crippen LogP contribution in [0.25, 0.3) is 0 Å². The summed E-state index contributed by atoms with van der Waals surface area (Å²) < 4.78 is 5.09. The summed E-state index contributed by atoms with van der Waals surface area (Å²) in [5.41, 5.74) is 0. The monoisotopic (exact) mass is 298 g/mol. The number of carbonyl (C=O) groups is 1. The molecule has 1 heterocycles. The number of unbranched alkanes of at least 4 members (excludes halogenated alkanes) is 12. The molecule has 1 aliphatic rings. The predicted octanol–water partition coefficient (Wildman–Crippen LogP) is 5.32. The van der Waals surface area contributed by atoms with Crippen LogP contribution < -0.4 is 0 Å². The SMILES string of the molecule is CCCCCCCCCCCCCCC[C@H]1O[C@H]1C(=O)O. The summed E-state index contributed by atoms with van der Waals surface area (Å²) >= 11 is 0. The first kappa shape index (κ1) is 18.5. The molecule has 3 nitrogen and oxygen atoms in total. The maximum Gasteiger partial charge on any atom is 0.335 e. The summed E-state index contributed by atoms with van der Waals surface area (Å²) in [7, 11) is 0. The van der Waals surface area contributed by atoms with Crippen LogP contribution in [0.4, 0.5) is 0 Å². The van der Waals surface area contributed by atoms with Gasteiger partial charge in [-0.1, -0.05) is 90.4 Å². The molecule has 0 spiro atoms. The Morgan fingerprint density at radius 1 is 0.810 bits per heavy atom. The Labute approximate surface area is 130 Å². The fraction of sp³-hybridized carbons (Fsp3) is 0.944. The number of carboxylic acid groups (broad SMARTS) is 1. The van der Waals surface area contributed by atoms with Crippen LogP contribution in [-0.2, 0) is 9.53 Å². The highest BCUT2D eigenvalue weighted by Crippen LogP contribution is 2.27. The van der Waals surface area contributed by atoms with Gasteiger partial charge in [-0.15, -0.1) is 0 Å². The van der Waals surface area contributed by atoms with Crippen molar-refractivity contribution in [1.29, 1.82) is 0 Å². The Morgan fingerprint density at radius 3 is 1.62 bits per heavy atom. The molecular formula is C18H34O3. The molecular weight excluding hydrogens is 264 g/mol. The van der Waals surface area contributed by atoms with Gasteiger partial charge < -0.3 is 9.84 Å². The molecule has 0 aromatic rings. The van der Waals surface area contributed by atoms with Crippen LogP contribution in [0.15, 0.2) is 0 Å². The third kappa shape index (κ3) is 9.89. The second-order valence-corrected chi connectivity index (χ2v) is 6.46. The average Bonchev–Trinajstić information content (AvgIpc) is 3.24. The molecule has 0 aliphatic carbocycles. The van der Waals surface area contributed by atoms with E-state index >= 15 is 0 Å². The maximum atomic E-state index is 10.6. The van der Waals surface area contributed by atoms with E-state index in [1.54, 1.807) is 0 Å². The molecule has 0 saturated carbocycles. The first-order chi connectivity index (χ1) is 10.3. The fourth-order valence-corrected chi connectivity index (χ4v) is 2.94. The van der Waals surface area contributed by atoms with Crippen molar-refractivity contribution in [1.82, 2.24) is 0 Å². The standard InChI is InChI=1S/C18H34O3/c1-2-3-4-5-6-7-8-9-10-11-12-13-14-15-16-17(21-16)18(19)20/h16-17H,2-15H2,1H3,(H,19,20)/t16-,17-/m1/s1. The van der Waals surface area contributed by atoms with E-state index in [-0.39, 0.29) is 6.10 Å². The van der Waals surface area contributed by atoms with Crippen molar-refractivity contribution in [3.8, 4) is 0 Å². The molecule has 1 rings (SSSR count). The average molecular weight is 298 g/mol. The first-order valence-corrected chi connectivity index (χ1v) is 9.14. The van der Waals surface area contributed by atoms with Gasteiger partial charge in [-0.05, 0) is 6.42 Å². The topological polar surface area (TPSA) is 49.8 Å². The van der Waals surface area contributed by atoms with Gasteiger partial charge in [-0.3, -0.25) is 0 Å². The smallest absolute Gasteiger partial charge is 0.335 e. The van der Waals surface area contributed by atoms with E-state index in [1.165, 1.54) is 77.0 Å². The molecule has 21 heavy (non-hydrogen) atoms. The zero-order valence-electron chi connectivity index (χ0n) is 13.8. The lowest BCUT2D eigenvalue weighted by atomic mass is 10.0. The summed E-state index contributed by atoms with van der Waals surface area (Å²) in [5.74, 6) is -0.797. The van der Waals surface area contributed by atoms with Gasteiger partial charge >= 0.3 is 5.97 Å². The molecule has 124 valence electrons. The second kappa shape index (κ2) is 12.0. The molecule has 0 unspecified atom stereocenters. The molecule has 3 heteroatoms. The number of rotatable bonds is 15. The van der Waals surface area contributed by atoms with E-state index in [4.69, 9.17) is 9.84 Å². The van der Waals surface area contributed by atoms with Gasteiger partial charge in [0.15, 0.2) is 6.10 Å². The van der Waals surface area contributed by atoms with Crippen molar-refractivity contribution >= 4 is 5.97 Å². The van der Waals surface area contributed by atoms with Crippen molar-refractivity contribution in [3.63, 3.8) is 0 Å². The van der Waals surface area contributed by atoms with E-state index in [0.717, 1.165) is 12.8 Å². The zero-order valence-corrected chi connectivity index (χ0v) is 13.8. The number of aliphatic carboxylic acids is 1. The van der Waals surface area contributed by atoms with Gasteiger partial charge in [-0.25, -0.2) is 4.79 Å². The van der Waals surface area contributed by atoms with Gasteiger partial charge in [0.25, 0.3) is 0 Å². The Bertz CT molecular complexity index is 265. The second-order valence-electron chi connectivity index (χ2n) is 6.46. The molecule has 0 aromatic carbocycles. The van der Waals surface area contributed by atoms with Crippen LogP contribution in [0.5, 0.6) is 0 Å². The molecule has 1 aliphatic heterocycles. The summed E-state index contributed by atoms with van der Waals surface area (Å²) in [6.07, 6.45) is 18.0. The number of carboxylic acids is 1. The third-order valence-corrected chi connectivity index (χ3v) is 4.42. The largest absolute Gasteiger partial charge is 0.479 e. The van der Waals surface area contributed by atoms with E-state index in [2.05, 4.69) is 6.92 Å². The van der Waals surface area contributed by atoms with Crippen LogP contribution in [0.1, 0.15) is 96.8 Å². The number of ether oxygens (including phenoxy) is 1. The summed E-state index contributed by atoms with van der Waals surface area (Å²) in [6.45, 7) is 2.27. The van der Waals surface area contributed by atoms with Crippen molar-refractivity contribution in [2.75, 3.05) is 0 Å². The van der Waals surface area contributed by atoms with E-state index in [9.17, 15) is 4.79 Å². The Hall–Kier alpha value is -0.570. The zero-order chi connectivity index (χ0) is 15.3. The lowest BCUT2D eigenvalue weighted by Gasteiger charge is -2.02. The van der Waals surface area contributed by atoms with Gasteiger partial charge in [0.1, 0.15) is 0 Å². The van der Waals surface area contributed by atoms with Crippen LogP contribution in [-0.4, -0.2) is 23.3 Å². The van der Waals surface area contributed by atoms with Gasteiger partial charge in [-0.2, -0.15) is 0 Å². The van der Waals surface area contributed by atoms with Crippen LogP contribution in [0.2, 0.25) is 0 Å². The fourth-order valence-electron chi connectivity index (χ4n) is 2.94. The Balaban J connectivity index is 1.69. The highest BCUT2D eigenvalue weighted by molar-refractivity contribution is 5.75. The van der Waals surface area contributed by atoms with Crippen LogP contribution in [0.3, 0.4) is 0 Å². The van der Waals surface area contributed by atoms with Crippen molar-refractivity contribution in [2.24, 2.45) is 0 Å². The quantitative estimate of drug-likeness (QED) is 0.329. The van der Waals surface area contributed by atoms with Gasteiger partial charge in [0, 0.05) is 0 Å². The van der Waals surface area contributed by atoms with Crippen molar-refractivity contribution < 1.29 is 14.6 Å². The van der Waals surface area contributed by atoms with Crippen LogP contribution in [0, 0.1) is 0 Å². The van der Waals surface area contributed by atoms with E-state index in [1.807, 2.05) is 0 Å². The molecule has 0 aromatic heterocycles. The molecule has 1 N–H and O–H groups in total. The predicted molar refractivity (Wildman–Crippen MR) is 86.6 cm³/mol. The number of hydrogen-bond donors (Lipinski definition) is 1. The Morgan fingerprint density at radius 2 is 1.24 bits per heavy atom. The van der Waals surface area contributed by atoms with Gasteiger partial charge in [0.05, 0.1) is 6.10 Å². The molecule has 0 bridgehead atoms. The first-order valence-electron chi connectivity index (χ1n) is 9.14. The lowest BCUT2D eigenvalue weighted by molar-refractivity contribution is -0.138. The number of hydrogen-bond acceptors (Lipinski definition) is 2. The highest BCUT2D eigenvalue weighted by Gasteiger charge is 2.44. The molecule has 2 atom stereocenters. The number of epoxide rings is 1. The van der Waals surface area contributed by atoms with E-state index in [0.29, 0.717) is 0 Å². The van der Waals surface area contributed by atoms with Crippen LogP contribution >= 0.6 is 0 Å². The highest BCUT2D eigenvalue weighted by atomic mass is 16.6. The Kier molecular flexibility index (Phi) is 10.6. The molecule has 0 radical (unpaired) electrons. The van der Waals surface area contributed by atoms with Gasteiger partial charge in [0.2, 0.25) is 0 Å². The minimum Gasteiger partial charge on any atom is -0.479 e. The summed E-state index contributed by atoms with van der Waals surface area (Å²) in [6, 6.07) is 0. The minimum atomic E-state index is -0.797. The molecule has 1 saturated heterocycles. The van der Waals surface area contributed by atoms with E-state index < -0.39 is 12.1 Å². The molecule has 1 fully saturated rings. The summed E-state index contributed by atoms with van der Waals surface area (Å²) in [5, 5.41) is 8.70. The van der Waals surface area contributed by atoms with Crippen molar-refractivity contribution in [3.05, 3.63) is 0 Å². The lowest BCUT2D eigenvalue weighted by Crippen LogP contribution is -2.07.